The summed E-state index contributed by atoms with van der Waals surface area (Å²) in [7, 11) is 2.47. The van der Waals surface area contributed by atoms with E-state index in [1.54, 1.807) is 0 Å². The van der Waals surface area contributed by atoms with Crippen molar-refractivity contribution < 1.29 is 23.9 Å². The Balaban J connectivity index is 2.68. The van der Waals surface area contributed by atoms with Crippen molar-refractivity contribution in [3.05, 3.63) is 0 Å². The zero-order valence-electron chi connectivity index (χ0n) is 8.69. The highest BCUT2D eigenvalue weighted by Gasteiger charge is 2.35. The Hall–Kier alpha value is -1.59. The third-order valence-corrected chi connectivity index (χ3v) is 2.34. The molecule has 6 heteroatoms. The number of hydrogen-bond donors (Lipinski definition) is 0. The van der Waals surface area contributed by atoms with E-state index in [1.807, 2.05) is 0 Å². The molecule has 0 aliphatic carbocycles. The summed E-state index contributed by atoms with van der Waals surface area (Å²) in [6.45, 7) is 0.331. The van der Waals surface area contributed by atoms with Gasteiger partial charge in [-0.1, -0.05) is 0 Å². The van der Waals surface area contributed by atoms with E-state index in [9.17, 15) is 14.4 Å². The maximum Gasteiger partial charge on any atom is 0.409 e. The van der Waals surface area contributed by atoms with Crippen LogP contribution in [0.5, 0.6) is 0 Å². The number of hydrogen-bond acceptors (Lipinski definition) is 5. The molecule has 1 rings (SSSR count). The van der Waals surface area contributed by atoms with E-state index in [2.05, 4.69) is 9.47 Å². The molecule has 1 saturated heterocycles. The van der Waals surface area contributed by atoms with Gasteiger partial charge in [-0.2, -0.15) is 0 Å². The Kier molecular flexibility index (Phi) is 3.65. The number of likely N-dealkylation sites (tertiary alicyclic amines) is 1. The van der Waals surface area contributed by atoms with Gasteiger partial charge in [-0.3, -0.25) is 9.59 Å². The third kappa shape index (κ3) is 2.45. The normalized spacial score (nSPS) is 21.1. The summed E-state index contributed by atoms with van der Waals surface area (Å²) in [5.41, 5.74) is 0. The molecule has 0 aromatic carbocycles. The second-order valence-electron chi connectivity index (χ2n) is 3.21. The molecular weight excluding hydrogens is 202 g/mol. The molecule has 0 N–H and O–H groups in total. The molecular formula is C9H13NO5. The van der Waals surface area contributed by atoms with Crippen LogP contribution in [0.1, 0.15) is 6.42 Å². The highest BCUT2D eigenvalue weighted by molar-refractivity contribution is 6.00. The highest BCUT2D eigenvalue weighted by Crippen LogP contribution is 2.15. The Morgan fingerprint density at radius 2 is 2.00 bits per heavy atom. The summed E-state index contributed by atoms with van der Waals surface area (Å²) >= 11 is 0. The topological polar surface area (TPSA) is 72.9 Å². The number of carbonyl (C=O) groups excluding carboxylic acids is 3. The molecule has 84 valence electrons. The first kappa shape index (κ1) is 11.5. The fraction of sp³-hybridized carbons (Fsp3) is 0.667. The largest absolute Gasteiger partial charge is 0.468 e. The minimum atomic E-state index is -0.872. The lowest BCUT2D eigenvalue weighted by Crippen LogP contribution is -2.47. The molecule has 0 spiro atoms. The molecule has 1 aliphatic heterocycles. The minimum absolute atomic E-state index is 0.0399. The fourth-order valence-corrected chi connectivity index (χ4v) is 1.48. The summed E-state index contributed by atoms with van der Waals surface area (Å²) in [6, 6.07) is 0. The standard InChI is InChI=1S/C9H13NO5/c1-14-8(12)6-5-10(9(13)15-2)4-3-7(6)11/h6H,3-5H2,1-2H3/t6-/m1/s1. The van der Waals surface area contributed by atoms with E-state index >= 15 is 0 Å². The molecule has 0 saturated carbocycles. The summed E-state index contributed by atoms with van der Waals surface area (Å²) in [4.78, 5) is 35.1. The van der Waals surface area contributed by atoms with Crippen molar-refractivity contribution in [1.29, 1.82) is 0 Å². The Morgan fingerprint density at radius 1 is 1.33 bits per heavy atom. The van der Waals surface area contributed by atoms with Crippen LogP contribution in [0.25, 0.3) is 0 Å². The van der Waals surface area contributed by atoms with E-state index < -0.39 is 18.0 Å². The molecule has 15 heavy (non-hydrogen) atoms. The molecule has 0 bridgehead atoms. The highest BCUT2D eigenvalue weighted by atomic mass is 16.5. The third-order valence-electron chi connectivity index (χ3n) is 2.34. The monoisotopic (exact) mass is 215 g/mol. The summed E-state index contributed by atoms with van der Waals surface area (Å²) in [6.07, 6.45) is -0.370. The Morgan fingerprint density at radius 3 is 2.53 bits per heavy atom. The fourth-order valence-electron chi connectivity index (χ4n) is 1.48. The molecule has 6 nitrogen and oxygen atoms in total. The number of ketones is 1. The number of carbonyl (C=O) groups is 3. The Labute approximate surface area is 87.1 Å². The van der Waals surface area contributed by atoms with Crippen LogP contribution >= 0.6 is 0 Å². The smallest absolute Gasteiger partial charge is 0.409 e. The predicted molar refractivity (Wildman–Crippen MR) is 49.1 cm³/mol. The van der Waals surface area contributed by atoms with Crippen LogP contribution in [0.2, 0.25) is 0 Å². The van der Waals surface area contributed by atoms with Crippen LogP contribution in [0.3, 0.4) is 0 Å². The first-order valence-corrected chi connectivity index (χ1v) is 4.53. The van der Waals surface area contributed by atoms with Gasteiger partial charge in [0.15, 0.2) is 5.78 Å². The summed E-state index contributed by atoms with van der Waals surface area (Å²) in [5.74, 6) is -1.67. The van der Waals surface area contributed by atoms with Gasteiger partial charge in [-0.05, 0) is 0 Å². The number of ether oxygens (including phenoxy) is 2. The van der Waals surface area contributed by atoms with Gasteiger partial charge in [-0.15, -0.1) is 0 Å². The molecule has 1 fully saturated rings. The number of nitrogens with zero attached hydrogens (tertiary/aromatic N) is 1. The van der Waals surface area contributed by atoms with Crippen LogP contribution in [0, 0.1) is 5.92 Å². The number of methoxy groups -OCH3 is 2. The van der Waals surface area contributed by atoms with Gasteiger partial charge in [0.25, 0.3) is 0 Å². The van der Waals surface area contributed by atoms with Gasteiger partial charge in [0.2, 0.25) is 0 Å². The lowest BCUT2D eigenvalue weighted by atomic mass is 9.97. The van der Waals surface area contributed by atoms with Crippen molar-refractivity contribution in [3.63, 3.8) is 0 Å². The van der Waals surface area contributed by atoms with Gasteiger partial charge >= 0.3 is 12.1 Å². The number of amides is 1. The molecule has 0 radical (unpaired) electrons. The van der Waals surface area contributed by atoms with Crippen molar-refractivity contribution >= 4 is 17.8 Å². The zero-order valence-corrected chi connectivity index (χ0v) is 8.69. The summed E-state index contributed by atoms with van der Waals surface area (Å²) < 4.78 is 8.99. The molecule has 0 aromatic heterocycles. The Bertz CT molecular complexity index is 280. The lowest BCUT2D eigenvalue weighted by Gasteiger charge is -2.29. The van der Waals surface area contributed by atoms with Crippen molar-refractivity contribution in [3.8, 4) is 0 Å². The van der Waals surface area contributed by atoms with Gasteiger partial charge in [-0.25, -0.2) is 4.79 Å². The zero-order chi connectivity index (χ0) is 11.4. The van der Waals surface area contributed by atoms with E-state index in [0.29, 0.717) is 6.54 Å². The molecule has 0 aromatic rings. The quantitative estimate of drug-likeness (QED) is 0.448. The maximum atomic E-state index is 11.4. The van der Waals surface area contributed by atoms with Gasteiger partial charge < -0.3 is 14.4 Å². The molecule has 0 unspecified atom stereocenters. The van der Waals surface area contributed by atoms with E-state index in [0.717, 1.165) is 0 Å². The molecule has 1 aliphatic rings. The molecule has 1 atom stereocenters. The van der Waals surface area contributed by atoms with Crippen molar-refractivity contribution in [2.24, 2.45) is 5.92 Å². The summed E-state index contributed by atoms with van der Waals surface area (Å²) in [5, 5.41) is 0. The van der Waals surface area contributed by atoms with Crippen LogP contribution in [0.15, 0.2) is 0 Å². The number of rotatable bonds is 1. The molecule has 1 heterocycles. The van der Waals surface area contributed by atoms with Gasteiger partial charge in [0, 0.05) is 19.5 Å². The first-order valence-electron chi connectivity index (χ1n) is 4.53. The van der Waals surface area contributed by atoms with Crippen LogP contribution < -0.4 is 0 Å². The first-order chi connectivity index (χ1) is 7.10. The van der Waals surface area contributed by atoms with E-state index in [1.165, 1.54) is 19.1 Å². The minimum Gasteiger partial charge on any atom is -0.468 e. The van der Waals surface area contributed by atoms with Crippen LogP contribution in [-0.4, -0.2) is 50.1 Å². The van der Waals surface area contributed by atoms with E-state index in [4.69, 9.17) is 0 Å². The van der Waals surface area contributed by atoms with Crippen molar-refractivity contribution in [2.45, 2.75) is 6.42 Å². The number of Topliss-reactive ketones (excluding diaryl/α,β-unsaturated/α-hetero) is 1. The van der Waals surface area contributed by atoms with Crippen molar-refractivity contribution in [1.82, 2.24) is 4.90 Å². The predicted octanol–water partition coefficient (Wildman–Crippen LogP) is -0.183. The van der Waals surface area contributed by atoms with Crippen LogP contribution in [-0.2, 0) is 19.1 Å². The maximum absolute atomic E-state index is 11.4. The second-order valence-corrected chi connectivity index (χ2v) is 3.21. The molecule has 1 amide bonds. The van der Waals surface area contributed by atoms with Crippen LogP contribution in [0.4, 0.5) is 4.79 Å². The van der Waals surface area contributed by atoms with Gasteiger partial charge in [0.05, 0.1) is 14.2 Å². The number of esters is 1. The van der Waals surface area contributed by atoms with Gasteiger partial charge in [0.1, 0.15) is 5.92 Å². The lowest BCUT2D eigenvalue weighted by molar-refractivity contribution is -0.151. The van der Waals surface area contributed by atoms with E-state index in [-0.39, 0.29) is 18.7 Å². The second kappa shape index (κ2) is 4.77. The van der Waals surface area contributed by atoms with Crippen molar-refractivity contribution in [2.75, 3.05) is 27.3 Å². The number of piperidine rings is 1. The SMILES string of the molecule is COC(=O)[C@@H]1CN(C(=O)OC)CCC1=O. The average Bonchev–Trinajstić information content (AvgIpc) is 2.27. The average molecular weight is 215 g/mol.